The Labute approximate surface area is 121 Å². The highest BCUT2D eigenvalue weighted by molar-refractivity contribution is 5.48. The normalized spacial score (nSPS) is 21.6. The molecule has 1 saturated carbocycles. The maximum Gasteiger partial charge on any atom is 0.0853 e. The first-order valence-corrected chi connectivity index (χ1v) is 7.52. The number of benzene rings is 1. The third kappa shape index (κ3) is 2.45. The summed E-state index contributed by atoms with van der Waals surface area (Å²) in [4.78, 5) is 0. The van der Waals surface area contributed by atoms with Crippen molar-refractivity contribution < 1.29 is 0 Å². The maximum atomic E-state index is 4.49. The zero-order valence-corrected chi connectivity index (χ0v) is 12.6. The van der Waals surface area contributed by atoms with Crippen LogP contribution in [-0.4, -0.2) is 15.8 Å². The minimum Gasteiger partial charge on any atom is -0.380 e. The number of hydrogen-bond donors (Lipinski definition) is 1. The molecule has 2 aromatic rings. The Kier molecular flexibility index (Phi) is 3.51. The van der Waals surface area contributed by atoms with Crippen LogP contribution in [0.2, 0.25) is 0 Å². The van der Waals surface area contributed by atoms with E-state index in [9.17, 15) is 0 Å². The largest absolute Gasteiger partial charge is 0.380 e. The molecule has 0 spiro atoms. The van der Waals surface area contributed by atoms with Gasteiger partial charge in [0.25, 0.3) is 0 Å². The number of nitrogens with zero attached hydrogens (tertiary/aromatic N) is 2. The summed E-state index contributed by atoms with van der Waals surface area (Å²) in [6, 6.07) is 9.36. The topological polar surface area (TPSA) is 29.9 Å². The number of anilines is 1. The predicted octanol–water partition coefficient (Wildman–Crippen LogP) is 3.65. The van der Waals surface area contributed by atoms with E-state index < -0.39 is 0 Å². The van der Waals surface area contributed by atoms with Gasteiger partial charge in [0, 0.05) is 19.3 Å². The van der Waals surface area contributed by atoms with Crippen molar-refractivity contribution in [3.8, 4) is 0 Å². The fraction of sp³-hybridized carbons (Fsp3) is 0.471. The third-order valence-corrected chi connectivity index (χ3v) is 4.37. The highest BCUT2D eigenvalue weighted by atomic mass is 15.3. The Hall–Kier alpha value is -1.77. The van der Waals surface area contributed by atoms with Crippen LogP contribution in [0.4, 0.5) is 5.69 Å². The minimum atomic E-state index is 0.592. The van der Waals surface area contributed by atoms with E-state index in [4.69, 9.17) is 0 Å². The molecule has 0 saturated heterocycles. The number of nitrogens with one attached hydrogen (secondary N) is 1. The maximum absolute atomic E-state index is 4.49. The first-order chi connectivity index (χ1) is 9.67. The van der Waals surface area contributed by atoms with E-state index in [0.29, 0.717) is 6.04 Å². The summed E-state index contributed by atoms with van der Waals surface area (Å²) in [7, 11) is 1.99. The number of aryl methyl sites for hydroxylation is 3. The van der Waals surface area contributed by atoms with Gasteiger partial charge in [0.15, 0.2) is 0 Å². The Morgan fingerprint density at radius 1 is 1.30 bits per heavy atom. The Balaban J connectivity index is 1.62. The fourth-order valence-electron chi connectivity index (χ4n) is 3.17. The van der Waals surface area contributed by atoms with Gasteiger partial charge in [-0.05, 0) is 43.2 Å². The van der Waals surface area contributed by atoms with Crippen LogP contribution in [0.5, 0.6) is 0 Å². The summed E-state index contributed by atoms with van der Waals surface area (Å²) < 4.78 is 1.90. The first kappa shape index (κ1) is 13.2. The molecule has 3 heteroatoms. The van der Waals surface area contributed by atoms with Gasteiger partial charge in [0.2, 0.25) is 0 Å². The summed E-state index contributed by atoms with van der Waals surface area (Å²) in [5.74, 6) is 0.718. The summed E-state index contributed by atoms with van der Waals surface area (Å²) >= 11 is 0. The smallest absolute Gasteiger partial charge is 0.0853 e. The van der Waals surface area contributed by atoms with Crippen molar-refractivity contribution in [2.45, 2.75) is 45.1 Å². The summed E-state index contributed by atoms with van der Waals surface area (Å²) in [6.45, 7) is 4.37. The average molecular weight is 269 g/mol. The van der Waals surface area contributed by atoms with E-state index in [-0.39, 0.29) is 0 Å². The second-order valence-corrected chi connectivity index (χ2v) is 5.88. The Morgan fingerprint density at radius 3 is 2.75 bits per heavy atom. The quantitative estimate of drug-likeness (QED) is 0.918. The van der Waals surface area contributed by atoms with E-state index in [1.165, 1.54) is 35.3 Å². The van der Waals surface area contributed by atoms with Crippen LogP contribution in [0.3, 0.4) is 0 Å². The van der Waals surface area contributed by atoms with Gasteiger partial charge >= 0.3 is 0 Å². The molecule has 0 aliphatic heterocycles. The van der Waals surface area contributed by atoms with Crippen molar-refractivity contribution in [3.05, 3.63) is 47.3 Å². The van der Waals surface area contributed by atoms with Gasteiger partial charge in [-0.25, -0.2) is 0 Å². The highest BCUT2D eigenvalue weighted by Crippen LogP contribution is 2.40. The third-order valence-electron chi connectivity index (χ3n) is 4.37. The standard InChI is InChI=1S/C17H23N3/c1-4-16-17(11-20(3)19-16)18-14-9-13(10-14)15-8-6-5-7-12(15)2/h5-8,11,13-14,18H,4,9-10H2,1-3H3. The van der Waals surface area contributed by atoms with Gasteiger partial charge in [-0.15, -0.1) is 0 Å². The Bertz CT molecular complexity index is 594. The number of rotatable bonds is 4. The van der Waals surface area contributed by atoms with Crippen molar-refractivity contribution in [2.75, 3.05) is 5.32 Å². The minimum absolute atomic E-state index is 0.592. The van der Waals surface area contributed by atoms with Gasteiger partial charge < -0.3 is 5.32 Å². The van der Waals surface area contributed by atoms with Gasteiger partial charge in [-0.2, -0.15) is 5.10 Å². The molecule has 1 heterocycles. The second-order valence-electron chi connectivity index (χ2n) is 5.88. The average Bonchev–Trinajstić information content (AvgIpc) is 2.75. The molecular formula is C17H23N3. The van der Waals surface area contributed by atoms with E-state index >= 15 is 0 Å². The van der Waals surface area contributed by atoms with Crippen molar-refractivity contribution >= 4 is 5.69 Å². The molecule has 1 aliphatic carbocycles. The Morgan fingerprint density at radius 2 is 2.05 bits per heavy atom. The lowest BCUT2D eigenvalue weighted by atomic mass is 9.74. The number of hydrogen-bond acceptors (Lipinski definition) is 2. The summed E-state index contributed by atoms with van der Waals surface area (Å²) in [5, 5.41) is 8.14. The molecule has 0 bridgehead atoms. The summed E-state index contributed by atoms with van der Waals surface area (Å²) in [5.41, 5.74) is 5.33. The predicted molar refractivity (Wildman–Crippen MR) is 83.2 cm³/mol. The fourth-order valence-corrected chi connectivity index (χ4v) is 3.17. The molecule has 20 heavy (non-hydrogen) atoms. The lowest BCUT2D eigenvalue weighted by molar-refractivity contribution is 0.373. The molecule has 3 rings (SSSR count). The zero-order valence-electron chi connectivity index (χ0n) is 12.6. The van der Waals surface area contributed by atoms with Crippen LogP contribution in [0, 0.1) is 6.92 Å². The van der Waals surface area contributed by atoms with Crippen LogP contribution < -0.4 is 5.32 Å². The van der Waals surface area contributed by atoms with E-state index in [1.807, 2.05) is 11.7 Å². The van der Waals surface area contributed by atoms with E-state index in [0.717, 1.165) is 12.3 Å². The van der Waals surface area contributed by atoms with Crippen LogP contribution >= 0.6 is 0 Å². The lowest BCUT2D eigenvalue weighted by Crippen LogP contribution is -2.34. The van der Waals surface area contributed by atoms with Crippen LogP contribution in [0.15, 0.2) is 30.5 Å². The van der Waals surface area contributed by atoms with Gasteiger partial charge in [0.1, 0.15) is 0 Å². The molecule has 1 N–H and O–H groups in total. The molecule has 0 radical (unpaired) electrons. The van der Waals surface area contributed by atoms with E-state index in [2.05, 4.69) is 54.7 Å². The molecule has 106 valence electrons. The SMILES string of the molecule is CCc1nn(C)cc1NC1CC(c2ccccc2C)C1. The first-order valence-electron chi connectivity index (χ1n) is 7.52. The van der Waals surface area contributed by atoms with Crippen molar-refractivity contribution in [3.63, 3.8) is 0 Å². The molecule has 0 atom stereocenters. The molecule has 3 nitrogen and oxygen atoms in total. The van der Waals surface area contributed by atoms with Crippen LogP contribution in [-0.2, 0) is 13.5 Å². The second kappa shape index (κ2) is 5.31. The van der Waals surface area contributed by atoms with Crippen LogP contribution in [0.1, 0.15) is 42.5 Å². The van der Waals surface area contributed by atoms with Gasteiger partial charge in [0.05, 0.1) is 11.4 Å². The molecule has 0 amide bonds. The lowest BCUT2D eigenvalue weighted by Gasteiger charge is -2.37. The van der Waals surface area contributed by atoms with Gasteiger partial charge in [-0.3, -0.25) is 4.68 Å². The molecule has 1 aromatic heterocycles. The molecule has 1 aliphatic rings. The zero-order chi connectivity index (χ0) is 14.1. The van der Waals surface area contributed by atoms with Gasteiger partial charge in [-0.1, -0.05) is 31.2 Å². The van der Waals surface area contributed by atoms with Crippen molar-refractivity contribution in [1.82, 2.24) is 9.78 Å². The molecular weight excluding hydrogens is 246 g/mol. The highest BCUT2D eigenvalue weighted by Gasteiger charge is 2.31. The van der Waals surface area contributed by atoms with Crippen LogP contribution in [0.25, 0.3) is 0 Å². The number of aromatic nitrogens is 2. The van der Waals surface area contributed by atoms with Crippen molar-refractivity contribution in [2.24, 2.45) is 7.05 Å². The monoisotopic (exact) mass is 269 g/mol. The van der Waals surface area contributed by atoms with E-state index in [1.54, 1.807) is 0 Å². The summed E-state index contributed by atoms with van der Waals surface area (Å²) in [6.07, 6.45) is 5.53. The molecule has 0 unspecified atom stereocenters. The molecule has 1 aromatic carbocycles. The van der Waals surface area contributed by atoms with Crippen molar-refractivity contribution in [1.29, 1.82) is 0 Å². The molecule has 1 fully saturated rings.